The molecule has 94 valence electrons. The van der Waals surface area contributed by atoms with Crippen molar-refractivity contribution >= 4 is 22.8 Å². The van der Waals surface area contributed by atoms with Gasteiger partial charge in [0.1, 0.15) is 12.0 Å². The van der Waals surface area contributed by atoms with Crippen molar-refractivity contribution < 1.29 is 9.53 Å². The molecule has 2 N–H and O–H groups in total. The lowest BCUT2D eigenvalue weighted by Crippen LogP contribution is -2.03. The second-order valence-corrected chi connectivity index (χ2v) is 4.73. The zero-order chi connectivity index (χ0) is 13.0. The second-order valence-electron chi connectivity index (χ2n) is 3.84. The van der Waals surface area contributed by atoms with Crippen molar-refractivity contribution in [2.45, 2.75) is 12.3 Å². The summed E-state index contributed by atoms with van der Waals surface area (Å²) in [5.41, 5.74) is 7.51. The van der Waals surface area contributed by atoms with Crippen molar-refractivity contribution in [1.82, 2.24) is 4.98 Å². The van der Waals surface area contributed by atoms with Crippen LogP contribution >= 0.6 is 11.3 Å². The number of aromatic nitrogens is 1. The normalized spacial score (nSPS) is 12.1. The number of methoxy groups -OCH3 is 1. The molecular weight excluding hydrogens is 248 g/mol. The number of hydrogen-bond donors (Lipinski definition) is 1. The fourth-order valence-corrected chi connectivity index (χ4v) is 2.44. The average Bonchev–Trinajstić information content (AvgIpc) is 2.82. The Morgan fingerprint density at radius 1 is 1.44 bits per heavy atom. The van der Waals surface area contributed by atoms with E-state index in [1.165, 1.54) is 11.3 Å². The summed E-state index contributed by atoms with van der Waals surface area (Å²) in [5.74, 6) is 0.753. The Hall–Kier alpha value is -1.88. The second kappa shape index (κ2) is 5.64. The highest BCUT2D eigenvalue weighted by Gasteiger charge is 2.16. The van der Waals surface area contributed by atoms with E-state index >= 15 is 0 Å². The first-order valence-corrected chi connectivity index (χ1v) is 6.41. The monoisotopic (exact) mass is 262 g/mol. The average molecular weight is 262 g/mol. The molecule has 4 nitrogen and oxygen atoms in total. The molecular formula is C13H14N2O2S. The Labute approximate surface area is 109 Å². The van der Waals surface area contributed by atoms with Gasteiger partial charge in [0, 0.05) is 17.7 Å². The van der Waals surface area contributed by atoms with E-state index in [1.54, 1.807) is 7.11 Å². The SMILES string of the molecule is COc1ccc(C(CC=O)c2csc(N)n2)cc1. The fourth-order valence-electron chi connectivity index (χ4n) is 1.82. The molecule has 1 unspecified atom stereocenters. The van der Waals surface area contributed by atoms with Crippen LogP contribution in [0.2, 0.25) is 0 Å². The van der Waals surface area contributed by atoms with E-state index in [9.17, 15) is 4.79 Å². The lowest BCUT2D eigenvalue weighted by Gasteiger charge is -2.12. The molecule has 0 saturated carbocycles. The molecule has 0 aliphatic carbocycles. The number of ether oxygens (including phenoxy) is 1. The van der Waals surface area contributed by atoms with Gasteiger partial charge in [-0.15, -0.1) is 11.3 Å². The lowest BCUT2D eigenvalue weighted by atomic mass is 9.94. The maximum absolute atomic E-state index is 10.8. The molecule has 0 spiro atoms. The minimum atomic E-state index is -0.0399. The Morgan fingerprint density at radius 3 is 2.67 bits per heavy atom. The molecule has 1 aromatic heterocycles. The highest BCUT2D eigenvalue weighted by molar-refractivity contribution is 7.13. The third-order valence-corrected chi connectivity index (χ3v) is 3.44. The summed E-state index contributed by atoms with van der Waals surface area (Å²) in [6, 6.07) is 7.65. The maximum Gasteiger partial charge on any atom is 0.180 e. The molecule has 1 heterocycles. The van der Waals surface area contributed by atoms with Crippen LogP contribution in [0.3, 0.4) is 0 Å². The Balaban J connectivity index is 2.31. The number of aldehydes is 1. The summed E-state index contributed by atoms with van der Waals surface area (Å²) >= 11 is 1.39. The van der Waals surface area contributed by atoms with Crippen molar-refractivity contribution in [1.29, 1.82) is 0 Å². The first-order valence-electron chi connectivity index (χ1n) is 5.53. The topological polar surface area (TPSA) is 65.2 Å². The van der Waals surface area contributed by atoms with Gasteiger partial charge in [0.05, 0.1) is 12.8 Å². The van der Waals surface area contributed by atoms with Gasteiger partial charge in [0.2, 0.25) is 0 Å². The summed E-state index contributed by atoms with van der Waals surface area (Å²) < 4.78 is 5.12. The maximum atomic E-state index is 10.8. The van der Waals surface area contributed by atoms with E-state index in [-0.39, 0.29) is 5.92 Å². The number of carbonyl (C=O) groups is 1. The molecule has 0 aliphatic rings. The molecule has 0 saturated heterocycles. The van der Waals surface area contributed by atoms with Gasteiger partial charge in [0.25, 0.3) is 0 Å². The van der Waals surface area contributed by atoms with Gasteiger partial charge in [-0.05, 0) is 17.7 Å². The number of carbonyl (C=O) groups excluding carboxylic acids is 1. The lowest BCUT2D eigenvalue weighted by molar-refractivity contribution is -0.108. The Morgan fingerprint density at radius 2 is 2.17 bits per heavy atom. The number of benzene rings is 1. The number of hydrogen-bond acceptors (Lipinski definition) is 5. The Bertz CT molecular complexity index is 522. The summed E-state index contributed by atoms with van der Waals surface area (Å²) in [5, 5.41) is 2.42. The molecule has 0 radical (unpaired) electrons. The quantitative estimate of drug-likeness (QED) is 0.841. The molecule has 0 fully saturated rings. The number of anilines is 1. The number of nitrogens with two attached hydrogens (primary N) is 1. The van der Waals surface area contributed by atoms with Gasteiger partial charge in [-0.2, -0.15) is 0 Å². The van der Waals surface area contributed by atoms with Crippen LogP contribution in [0.1, 0.15) is 23.6 Å². The first kappa shape index (κ1) is 12.6. The summed E-state index contributed by atoms with van der Waals surface area (Å²) in [7, 11) is 1.62. The van der Waals surface area contributed by atoms with Gasteiger partial charge in [-0.3, -0.25) is 0 Å². The van der Waals surface area contributed by atoms with Gasteiger partial charge >= 0.3 is 0 Å². The van der Waals surface area contributed by atoms with Crippen LogP contribution in [0.4, 0.5) is 5.13 Å². The zero-order valence-electron chi connectivity index (χ0n) is 10.00. The van der Waals surface area contributed by atoms with Crippen molar-refractivity contribution in [3.63, 3.8) is 0 Å². The molecule has 1 atom stereocenters. The van der Waals surface area contributed by atoms with Crippen LogP contribution in [0.5, 0.6) is 5.75 Å². The van der Waals surface area contributed by atoms with Crippen LogP contribution in [0, 0.1) is 0 Å². The van der Waals surface area contributed by atoms with Crippen LogP contribution in [0.25, 0.3) is 0 Å². The fraction of sp³-hybridized carbons (Fsp3) is 0.231. The standard InChI is InChI=1S/C13H14N2O2S/c1-17-10-4-2-9(3-5-10)11(6-7-16)12-8-18-13(14)15-12/h2-5,7-8,11H,6H2,1H3,(H2,14,15). The molecule has 5 heteroatoms. The van der Waals surface area contributed by atoms with Crippen LogP contribution in [-0.2, 0) is 4.79 Å². The highest BCUT2D eigenvalue weighted by Crippen LogP contribution is 2.30. The van der Waals surface area contributed by atoms with Crippen LogP contribution in [0.15, 0.2) is 29.6 Å². The number of nitrogens with zero attached hydrogens (tertiary/aromatic N) is 1. The molecule has 1 aromatic carbocycles. The van der Waals surface area contributed by atoms with E-state index in [0.717, 1.165) is 23.3 Å². The molecule has 0 amide bonds. The molecule has 2 aromatic rings. The third-order valence-electron chi connectivity index (χ3n) is 2.75. The van der Waals surface area contributed by atoms with Gasteiger partial charge in [0.15, 0.2) is 5.13 Å². The van der Waals surface area contributed by atoms with E-state index in [2.05, 4.69) is 4.98 Å². The predicted molar refractivity (Wildman–Crippen MR) is 72.0 cm³/mol. The summed E-state index contributed by atoms with van der Waals surface area (Å²) in [4.78, 5) is 15.1. The molecule has 0 aliphatic heterocycles. The van der Waals surface area contributed by atoms with Crippen LogP contribution < -0.4 is 10.5 Å². The molecule has 0 bridgehead atoms. The zero-order valence-corrected chi connectivity index (χ0v) is 10.8. The minimum Gasteiger partial charge on any atom is -0.497 e. The van der Waals surface area contributed by atoms with Crippen LogP contribution in [-0.4, -0.2) is 18.4 Å². The molecule has 2 rings (SSSR count). The van der Waals surface area contributed by atoms with Gasteiger partial charge < -0.3 is 15.3 Å². The third kappa shape index (κ3) is 2.68. The minimum absolute atomic E-state index is 0.0399. The van der Waals surface area contributed by atoms with Crippen molar-refractivity contribution in [2.75, 3.05) is 12.8 Å². The Kier molecular flexibility index (Phi) is 3.94. The number of thiazole rings is 1. The van der Waals surface area contributed by atoms with E-state index in [1.807, 2.05) is 29.6 Å². The van der Waals surface area contributed by atoms with E-state index in [4.69, 9.17) is 10.5 Å². The van der Waals surface area contributed by atoms with Gasteiger partial charge in [-0.1, -0.05) is 12.1 Å². The summed E-state index contributed by atoms with van der Waals surface area (Å²) in [6.45, 7) is 0. The van der Waals surface area contributed by atoms with E-state index < -0.39 is 0 Å². The van der Waals surface area contributed by atoms with Crippen molar-refractivity contribution in [3.05, 3.63) is 40.9 Å². The van der Waals surface area contributed by atoms with E-state index in [0.29, 0.717) is 11.6 Å². The van der Waals surface area contributed by atoms with Crippen molar-refractivity contribution in [3.8, 4) is 5.75 Å². The predicted octanol–water partition coefficient (Wildman–Crippen LogP) is 2.45. The number of rotatable bonds is 5. The first-order chi connectivity index (χ1) is 8.74. The smallest absolute Gasteiger partial charge is 0.180 e. The number of nitrogen functional groups attached to an aromatic ring is 1. The summed E-state index contributed by atoms with van der Waals surface area (Å²) in [6.07, 6.45) is 1.31. The van der Waals surface area contributed by atoms with Gasteiger partial charge in [-0.25, -0.2) is 4.98 Å². The molecule has 18 heavy (non-hydrogen) atoms. The highest BCUT2D eigenvalue weighted by atomic mass is 32.1. The largest absolute Gasteiger partial charge is 0.497 e. The van der Waals surface area contributed by atoms with Crippen molar-refractivity contribution in [2.24, 2.45) is 0 Å².